The van der Waals surface area contributed by atoms with Crippen LogP contribution in [-0.4, -0.2) is 60.7 Å². The van der Waals surface area contributed by atoms with Crippen LogP contribution in [-0.2, 0) is 20.8 Å². The highest BCUT2D eigenvalue weighted by Crippen LogP contribution is 2.40. The highest BCUT2D eigenvalue weighted by atomic mass is 35.5. The molecule has 1 fully saturated rings. The predicted octanol–water partition coefficient (Wildman–Crippen LogP) is 3.72. The van der Waals surface area contributed by atoms with Crippen LogP contribution < -0.4 is 5.32 Å². The van der Waals surface area contributed by atoms with E-state index in [4.69, 9.17) is 23.2 Å². The predicted molar refractivity (Wildman–Crippen MR) is 136 cm³/mol. The van der Waals surface area contributed by atoms with Gasteiger partial charge in [0.05, 0.1) is 10.8 Å². The summed E-state index contributed by atoms with van der Waals surface area (Å²) in [4.78, 5) is 47.6. The summed E-state index contributed by atoms with van der Waals surface area (Å²) >= 11 is 14.7. The number of aryl methyl sites for hydroxylation is 1. The van der Waals surface area contributed by atoms with Crippen LogP contribution in [0.2, 0.25) is 10.0 Å². The van der Waals surface area contributed by atoms with E-state index in [1.54, 1.807) is 43.5 Å². The lowest BCUT2D eigenvalue weighted by atomic mass is 10.0. The Balaban J connectivity index is 1.39. The summed E-state index contributed by atoms with van der Waals surface area (Å²) in [5.74, 6) is -0.885. The molecule has 2 N–H and O–H groups in total. The number of amides is 2. The first-order chi connectivity index (χ1) is 16.7. The molecule has 0 aliphatic carbocycles. The average molecular weight is 551 g/mol. The molecular weight excluding hydrogens is 531 g/mol. The van der Waals surface area contributed by atoms with Crippen molar-refractivity contribution in [3.8, 4) is 0 Å². The lowest BCUT2D eigenvalue weighted by molar-refractivity contribution is -0.150. The van der Waals surface area contributed by atoms with Gasteiger partial charge in [-0.25, -0.2) is 14.8 Å². The van der Waals surface area contributed by atoms with E-state index in [2.05, 4.69) is 15.3 Å². The number of benzene rings is 1. The van der Waals surface area contributed by atoms with E-state index < -0.39 is 23.3 Å². The van der Waals surface area contributed by atoms with E-state index in [9.17, 15) is 19.5 Å². The van der Waals surface area contributed by atoms with Gasteiger partial charge in [0.15, 0.2) is 0 Å². The number of fused-ring (bicyclic) bond motifs is 1. The third-order valence-electron chi connectivity index (χ3n) is 5.25. The fraction of sp³-hybridized carbons (Fsp3) is 0.261. The number of carbonyl (C=O) groups is 3. The molecule has 12 heteroatoms. The SMILES string of the molecule is Cc1nccc(C/C=C/C2=C(C(=O)O)N3C(=O)C(NC(=O)CSc4cc(Cl)ccc4Cl)C3SC2)n1. The Bertz CT molecular complexity index is 1250. The molecule has 1 aromatic carbocycles. The van der Waals surface area contributed by atoms with Gasteiger partial charge in [-0.05, 0) is 36.8 Å². The fourth-order valence-electron chi connectivity index (χ4n) is 3.66. The van der Waals surface area contributed by atoms with Gasteiger partial charge in [0.2, 0.25) is 5.91 Å². The molecule has 2 aromatic rings. The molecule has 2 aliphatic heterocycles. The van der Waals surface area contributed by atoms with Crippen LogP contribution in [0.4, 0.5) is 0 Å². The summed E-state index contributed by atoms with van der Waals surface area (Å²) in [6, 6.07) is 5.98. The van der Waals surface area contributed by atoms with Crippen molar-refractivity contribution in [1.29, 1.82) is 0 Å². The van der Waals surface area contributed by atoms with Crippen molar-refractivity contribution in [2.24, 2.45) is 0 Å². The number of carboxylic acid groups (broad SMARTS) is 1. The first kappa shape index (κ1) is 25.6. The maximum atomic E-state index is 12.8. The molecule has 0 bridgehead atoms. The Kier molecular flexibility index (Phi) is 8.05. The Morgan fingerprint density at radius 2 is 2.14 bits per heavy atom. The standard InChI is InChI=1S/C23H20Cl2N4O4S2/c1-12-26-8-7-15(27-12)4-2-3-13-10-35-22-19(21(31)29(22)20(13)23(32)33)28-18(30)11-34-17-9-14(24)5-6-16(17)25/h2-3,5-9,19,22H,4,10-11H2,1H3,(H,28,30)(H,32,33)/b3-2+. The second-order valence-corrected chi connectivity index (χ2v) is 10.7. The van der Waals surface area contributed by atoms with Crippen molar-refractivity contribution < 1.29 is 19.5 Å². The zero-order chi connectivity index (χ0) is 25.1. The van der Waals surface area contributed by atoms with E-state index in [1.807, 2.05) is 6.08 Å². The van der Waals surface area contributed by atoms with E-state index in [1.165, 1.54) is 28.4 Å². The number of nitrogens with one attached hydrogen (secondary N) is 1. The van der Waals surface area contributed by atoms with E-state index >= 15 is 0 Å². The van der Waals surface area contributed by atoms with Gasteiger partial charge in [0.1, 0.15) is 22.9 Å². The maximum Gasteiger partial charge on any atom is 0.352 e. The van der Waals surface area contributed by atoms with Gasteiger partial charge in [-0.15, -0.1) is 23.5 Å². The van der Waals surface area contributed by atoms with E-state index in [0.717, 1.165) is 5.69 Å². The van der Waals surface area contributed by atoms with Crippen LogP contribution in [0, 0.1) is 6.92 Å². The zero-order valence-corrected chi connectivity index (χ0v) is 21.5. The average Bonchev–Trinajstić information content (AvgIpc) is 2.82. The molecule has 4 rings (SSSR count). The van der Waals surface area contributed by atoms with Gasteiger partial charge in [0, 0.05) is 34.0 Å². The third-order valence-corrected chi connectivity index (χ3v) is 8.28. The van der Waals surface area contributed by atoms with Gasteiger partial charge >= 0.3 is 5.97 Å². The molecule has 2 atom stereocenters. The second kappa shape index (κ2) is 11.0. The molecule has 1 saturated heterocycles. The van der Waals surface area contributed by atoms with Crippen LogP contribution >= 0.6 is 46.7 Å². The number of rotatable bonds is 8. The third kappa shape index (κ3) is 5.83. The summed E-state index contributed by atoms with van der Waals surface area (Å²) in [7, 11) is 0. The van der Waals surface area contributed by atoms with Gasteiger partial charge in [-0.3, -0.25) is 14.5 Å². The number of aliphatic carboxylic acids is 1. The van der Waals surface area contributed by atoms with E-state index in [-0.39, 0.29) is 17.4 Å². The summed E-state index contributed by atoms with van der Waals surface area (Å²) in [5.41, 5.74) is 1.29. The molecule has 3 heterocycles. The fourth-order valence-corrected chi connectivity index (χ4v) is 6.28. The second-order valence-electron chi connectivity index (χ2n) is 7.70. The van der Waals surface area contributed by atoms with E-state index in [0.29, 0.717) is 38.5 Å². The van der Waals surface area contributed by atoms with Crippen molar-refractivity contribution in [2.45, 2.75) is 29.7 Å². The first-order valence-corrected chi connectivity index (χ1v) is 13.3. The minimum atomic E-state index is -1.18. The number of nitrogens with zero attached hydrogens (tertiary/aromatic N) is 3. The van der Waals surface area contributed by atoms with Gasteiger partial charge in [0.25, 0.3) is 5.91 Å². The Morgan fingerprint density at radius 3 is 2.89 bits per heavy atom. The molecule has 2 aliphatic rings. The topological polar surface area (TPSA) is 112 Å². The molecule has 35 heavy (non-hydrogen) atoms. The van der Waals surface area contributed by atoms with Crippen LogP contribution in [0.3, 0.4) is 0 Å². The molecule has 182 valence electrons. The lowest BCUT2D eigenvalue weighted by Crippen LogP contribution is -2.70. The molecular formula is C23H20Cl2N4O4S2. The number of carboxylic acids is 1. The quantitative estimate of drug-likeness (QED) is 0.377. The molecule has 1 aromatic heterocycles. The number of aromatic nitrogens is 2. The summed E-state index contributed by atoms with van der Waals surface area (Å²) in [6.45, 7) is 1.80. The number of allylic oxidation sites excluding steroid dienone is 2. The van der Waals surface area contributed by atoms with Gasteiger partial charge < -0.3 is 10.4 Å². The number of hydrogen-bond donors (Lipinski definition) is 2. The van der Waals surface area contributed by atoms with Crippen LogP contribution in [0.1, 0.15) is 11.5 Å². The first-order valence-electron chi connectivity index (χ1n) is 10.5. The largest absolute Gasteiger partial charge is 0.477 e. The Morgan fingerprint density at radius 1 is 1.34 bits per heavy atom. The zero-order valence-electron chi connectivity index (χ0n) is 18.4. The van der Waals surface area contributed by atoms with Gasteiger partial charge in [-0.1, -0.05) is 35.4 Å². The highest BCUT2D eigenvalue weighted by molar-refractivity contribution is 8.00. The summed E-state index contributed by atoms with van der Waals surface area (Å²) < 4.78 is 0. The molecule has 0 spiro atoms. The monoisotopic (exact) mass is 550 g/mol. The molecule has 2 amide bonds. The molecule has 0 radical (unpaired) electrons. The summed E-state index contributed by atoms with van der Waals surface area (Å²) in [6.07, 6.45) is 5.72. The van der Waals surface area contributed by atoms with Crippen LogP contribution in [0.25, 0.3) is 0 Å². The Labute approximate surface area is 220 Å². The minimum Gasteiger partial charge on any atom is -0.477 e. The molecule has 2 unspecified atom stereocenters. The van der Waals surface area contributed by atoms with Crippen LogP contribution in [0.15, 0.2) is 58.8 Å². The smallest absolute Gasteiger partial charge is 0.352 e. The maximum absolute atomic E-state index is 12.8. The van der Waals surface area contributed by atoms with Crippen molar-refractivity contribution in [3.05, 3.63) is 75.4 Å². The van der Waals surface area contributed by atoms with Crippen LogP contribution in [0.5, 0.6) is 0 Å². The number of hydrogen-bond acceptors (Lipinski definition) is 7. The number of carbonyl (C=O) groups excluding carboxylic acids is 2. The molecule has 8 nitrogen and oxygen atoms in total. The normalized spacial score (nSPS) is 19.5. The Hall–Kier alpha value is -2.53. The minimum absolute atomic E-state index is 0.0410. The van der Waals surface area contributed by atoms with Crippen molar-refractivity contribution in [1.82, 2.24) is 20.2 Å². The number of β-lactam (4-membered cyclic amide) rings is 1. The highest BCUT2D eigenvalue weighted by Gasteiger charge is 2.53. The van der Waals surface area contributed by atoms with Crippen molar-refractivity contribution in [2.75, 3.05) is 11.5 Å². The van der Waals surface area contributed by atoms with Crippen molar-refractivity contribution in [3.63, 3.8) is 0 Å². The van der Waals surface area contributed by atoms with Gasteiger partial charge in [-0.2, -0.15) is 0 Å². The van der Waals surface area contributed by atoms with Crippen molar-refractivity contribution >= 4 is 64.5 Å². The number of thioether (sulfide) groups is 2. The number of halogens is 2. The lowest BCUT2D eigenvalue weighted by Gasteiger charge is -2.49. The molecule has 0 saturated carbocycles. The summed E-state index contributed by atoms with van der Waals surface area (Å²) in [5, 5.41) is 13.0.